The van der Waals surface area contributed by atoms with Crippen LogP contribution in [0.3, 0.4) is 0 Å². The summed E-state index contributed by atoms with van der Waals surface area (Å²) in [6, 6.07) is 40.1. The first-order valence-corrected chi connectivity index (χ1v) is 14.7. The van der Waals surface area contributed by atoms with Gasteiger partial charge in [0, 0.05) is 0 Å². The van der Waals surface area contributed by atoms with Crippen LogP contribution in [0.25, 0.3) is 0 Å². The van der Waals surface area contributed by atoms with Gasteiger partial charge in [0.2, 0.25) is 0 Å². The Labute approximate surface area is 253 Å². The summed E-state index contributed by atoms with van der Waals surface area (Å²) in [5.74, 6) is 2.96. The van der Waals surface area contributed by atoms with Gasteiger partial charge in [-0.05, 0) is 54.2 Å². The molecule has 0 aliphatic carbocycles. The van der Waals surface area contributed by atoms with Gasteiger partial charge < -0.3 is 24.4 Å². The Bertz CT molecular complexity index is 1060. The molecule has 42 heavy (non-hydrogen) atoms. The second-order valence-corrected chi connectivity index (χ2v) is 10.0. The van der Waals surface area contributed by atoms with Crippen molar-refractivity contribution in [3.05, 3.63) is 132 Å². The van der Waals surface area contributed by atoms with Crippen LogP contribution in [0.5, 0.6) is 11.5 Å². The molecule has 0 saturated heterocycles. The third-order valence-electron chi connectivity index (χ3n) is 5.76. The third-order valence-corrected chi connectivity index (χ3v) is 5.76. The van der Waals surface area contributed by atoms with Crippen molar-refractivity contribution in [2.24, 2.45) is 0 Å². The second-order valence-electron chi connectivity index (χ2n) is 10.0. The molecule has 0 aliphatic heterocycles. The van der Waals surface area contributed by atoms with E-state index < -0.39 is 0 Å². The summed E-state index contributed by atoms with van der Waals surface area (Å²) in [6.07, 6.45) is 0.00218. The van der Waals surface area contributed by atoms with Gasteiger partial charge in [0.1, 0.15) is 24.7 Å². The highest BCUT2D eigenvalue weighted by atomic mass is 16.5. The summed E-state index contributed by atoms with van der Waals surface area (Å²) in [7, 11) is 0. The average molecular weight is 575 g/mol. The Kier molecular flexibility index (Phi) is 20.8. The normalized spacial score (nSPS) is 10.7. The second kappa shape index (κ2) is 24.0. The maximum absolute atomic E-state index is 8.53. The molecular weight excluding hydrogens is 524 g/mol. The van der Waals surface area contributed by atoms with Crippen LogP contribution < -0.4 is 9.47 Å². The van der Waals surface area contributed by atoms with E-state index in [1.165, 1.54) is 11.1 Å². The highest BCUT2D eigenvalue weighted by Gasteiger charge is 2.02. The number of ether oxygens (including phenoxy) is 3. The molecule has 0 heterocycles. The lowest BCUT2D eigenvalue weighted by molar-refractivity contribution is 0.0132. The molecule has 5 nitrogen and oxygen atoms in total. The van der Waals surface area contributed by atoms with E-state index in [0.29, 0.717) is 31.7 Å². The molecule has 1 unspecified atom stereocenters. The van der Waals surface area contributed by atoms with E-state index in [2.05, 4.69) is 76.2 Å². The number of hydrogen-bond donors (Lipinski definition) is 2. The summed E-state index contributed by atoms with van der Waals surface area (Å²) in [6.45, 7) is 12.1. The summed E-state index contributed by atoms with van der Waals surface area (Å²) in [5.41, 5.74) is 2.83. The topological polar surface area (TPSA) is 68.2 Å². The third kappa shape index (κ3) is 18.7. The Morgan fingerprint density at radius 3 is 1.17 bits per heavy atom. The van der Waals surface area contributed by atoms with Crippen molar-refractivity contribution in [2.75, 3.05) is 33.0 Å². The fraction of sp³-hybridized carbons (Fsp3) is 0.351. The van der Waals surface area contributed by atoms with E-state index in [0.717, 1.165) is 11.5 Å². The molecule has 4 aromatic carbocycles. The summed E-state index contributed by atoms with van der Waals surface area (Å²) in [5, 5.41) is 16.9. The first-order valence-electron chi connectivity index (χ1n) is 14.7. The minimum Gasteiger partial charge on any atom is -0.491 e. The van der Waals surface area contributed by atoms with Gasteiger partial charge in [0.15, 0.2) is 0 Å². The van der Waals surface area contributed by atoms with Gasteiger partial charge in [-0.3, -0.25) is 0 Å². The first kappa shape index (κ1) is 36.4. The van der Waals surface area contributed by atoms with Crippen molar-refractivity contribution in [1.82, 2.24) is 0 Å². The molecule has 0 spiro atoms. The smallest absolute Gasteiger partial charge is 0.119 e. The molecule has 228 valence electrons. The predicted octanol–water partition coefficient (Wildman–Crippen LogP) is 8.14. The zero-order valence-electron chi connectivity index (χ0n) is 25.9. The van der Waals surface area contributed by atoms with E-state index in [1.807, 2.05) is 79.7 Å². The van der Waals surface area contributed by atoms with Gasteiger partial charge in [-0.2, -0.15) is 0 Å². The molecule has 0 amide bonds. The van der Waals surface area contributed by atoms with Crippen LogP contribution in [-0.4, -0.2) is 49.4 Å². The fourth-order valence-corrected chi connectivity index (χ4v) is 3.39. The van der Waals surface area contributed by atoms with Crippen LogP contribution in [0.15, 0.2) is 121 Å². The van der Waals surface area contributed by atoms with E-state index >= 15 is 0 Å². The number of hydrogen-bond acceptors (Lipinski definition) is 5. The van der Waals surface area contributed by atoms with Gasteiger partial charge in [-0.25, -0.2) is 0 Å². The van der Waals surface area contributed by atoms with Gasteiger partial charge in [0.25, 0.3) is 0 Å². The lowest BCUT2D eigenvalue weighted by Gasteiger charge is -2.13. The Balaban J connectivity index is 0.000000285. The maximum Gasteiger partial charge on any atom is 0.119 e. The van der Waals surface area contributed by atoms with Crippen molar-refractivity contribution in [1.29, 1.82) is 0 Å². The van der Waals surface area contributed by atoms with Crippen molar-refractivity contribution in [2.45, 2.75) is 52.6 Å². The van der Waals surface area contributed by atoms with E-state index in [4.69, 9.17) is 24.4 Å². The van der Waals surface area contributed by atoms with Crippen LogP contribution in [0, 0.1) is 0 Å². The van der Waals surface area contributed by atoms with Gasteiger partial charge in [-0.15, -0.1) is 0 Å². The molecule has 0 aromatic heterocycles. The minimum atomic E-state index is 0.00218. The standard InChI is InChI=1S/C11H16O3.2C9H12.C8H10O2/c1-10(13-8-7-12)9-14-11-5-3-2-4-6-11;2*1-8(2)9-6-4-3-5-7-9;9-6-7-10-8-4-2-1-3-5-8/h2-6,10,12H,7-9H2,1H3;2*3-8H,1-2H3;1-5,9H,6-7H2. The van der Waals surface area contributed by atoms with E-state index in [9.17, 15) is 0 Å². The van der Waals surface area contributed by atoms with Gasteiger partial charge in [-0.1, -0.05) is 125 Å². The van der Waals surface area contributed by atoms with Crippen molar-refractivity contribution >= 4 is 0 Å². The molecule has 4 aromatic rings. The van der Waals surface area contributed by atoms with Crippen LogP contribution in [-0.2, 0) is 4.74 Å². The molecule has 1 atom stereocenters. The number of rotatable bonds is 11. The van der Waals surface area contributed by atoms with Crippen LogP contribution in [0.2, 0.25) is 0 Å². The van der Waals surface area contributed by atoms with E-state index in [-0.39, 0.29) is 19.3 Å². The highest BCUT2D eigenvalue weighted by Crippen LogP contribution is 2.13. The van der Waals surface area contributed by atoms with Crippen molar-refractivity contribution < 1.29 is 24.4 Å². The zero-order valence-corrected chi connectivity index (χ0v) is 25.9. The Morgan fingerprint density at radius 2 is 0.833 bits per heavy atom. The summed E-state index contributed by atoms with van der Waals surface area (Å²) >= 11 is 0. The molecule has 2 N–H and O–H groups in total. The lowest BCUT2D eigenvalue weighted by atomic mass is 10.0. The number of para-hydroxylation sites is 2. The molecule has 0 aliphatic rings. The molecule has 4 rings (SSSR count). The van der Waals surface area contributed by atoms with Crippen molar-refractivity contribution in [3.8, 4) is 11.5 Å². The molecule has 0 saturated carbocycles. The quantitative estimate of drug-likeness (QED) is 0.189. The first-order chi connectivity index (χ1) is 20.4. The Morgan fingerprint density at radius 1 is 0.476 bits per heavy atom. The monoisotopic (exact) mass is 574 g/mol. The fourth-order valence-electron chi connectivity index (χ4n) is 3.39. The summed E-state index contributed by atoms with van der Waals surface area (Å²) in [4.78, 5) is 0. The molecule has 0 fully saturated rings. The minimum absolute atomic E-state index is 0.00218. The van der Waals surface area contributed by atoms with Crippen LogP contribution in [0.4, 0.5) is 0 Å². The average Bonchev–Trinajstić information content (AvgIpc) is 3.04. The predicted molar refractivity (Wildman–Crippen MR) is 175 cm³/mol. The Hall–Kier alpha value is -3.64. The van der Waals surface area contributed by atoms with Crippen molar-refractivity contribution in [3.63, 3.8) is 0 Å². The lowest BCUT2D eigenvalue weighted by Crippen LogP contribution is -2.19. The molecular formula is C37H50O5. The molecule has 5 heteroatoms. The highest BCUT2D eigenvalue weighted by molar-refractivity contribution is 5.22. The largest absolute Gasteiger partial charge is 0.491 e. The van der Waals surface area contributed by atoms with Gasteiger partial charge in [0.05, 0.1) is 25.9 Å². The molecule has 0 bridgehead atoms. The number of aliphatic hydroxyl groups is 2. The summed E-state index contributed by atoms with van der Waals surface area (Å²) < 4.78 is 15.8. The number of benzene rings is 4. The number of aliphatic hydroxyl groups excluding tert-OH is 2. The zero-order chi connectivity index (χ0) is 30.8. The molecule has 0 radical (unpaired) electrons. The maximum atomic E-state index is 8.53. The van der Waals surface area contributed by atoms with E-state index in [1.54, 1.807) is 0 Å². The van der Waals surface area contributed by atoms with Crippen LogP contribution in [0.1, 0.15) is 57.6 Å². The SMILES string of the molecule is CC(C)c1ccccc1.CC(C)c1ccccc1.CC(COc1ccccc1)OCCO.OCCOc1ccccc1. The van der Waals surface area contributed by atoms with Gasteiger partial charge >= 0.3 is 0 Å². The van der Waals surface area contributed by atoms with Crippen LogP contribution >= 0.6 is 0 Å².